The molecule has 0 unspecified atom stereocenters. The summed E-state index contributed by atoms with van der Waals surface area (Å²) < 4.78 is 2.62. The molecule has 0 saturated heterocycles. The molecule has 0 aliphatic heterocycles. The van der Waals surface area contributed by atoms with Gasteiger partial charge in [0.25, 0.3) is 0 Å². The molecule has 0 heterocycles. The van der Waals surface area contributed by atoms with E-state index in [1.54, 1.807) is 0 Å². The van der Waals surface area contributed by atoms with Gasteiger partial charge in [0.2, 0.25) is 15.8 Å². The van der Waals surface area contributed by atoms with E-state index in [0.717, 1.165) is 0 Å². The zero-order chi connectivity index (χ0) is 12.8. The number of imide groups is 1. The molecule has 0 aliphatic carbocycles. The van der Waals surface area contributed by atoms with E-state index in [9.17, 15) is 9.59 Å². The van der Waals surface area contributed by atoms with E-state index in [4.69, 9.17) is 41.2 Å². The Hall–Kier alpha value is -0.150. The lowest BCUT2D eigenvalue weighted by atomic mass is 10.4. The largest absolute Gasteiger partial charge is 0.428 e. The maximum absolute atomic E-state index is 11.1. The van der Waals surface area contributed by atoms with Gasteiger partial charge in [0, 0.05) is 11.8 Å². The van der Waals surface area contributed by atoms with Crippen LogP contribution < -0.4 is 5.32 Å². The molecule has 1 N–H and O–H groups in total. The monoisotopic (exact) mass is 349 g/mol. The molecule has 0 saturated carbocycles. The third-order valence-electron chi connectivity index (χ3n) is 1.24. The highest BCUT2D eigenvalue weighted by Crippen LogP contribution is 2.31. The first-order chi connectivity index (χ1) is 7.31. The van der Waals surface area contributed by atoms with Gasteiger partial charge in [0.1, 0.15) is 0 Å². The maximum atomic E-state index is 11.1. The zero-order valence-corrected chi connectivity index (χ0v) is 11.7. The summed E-state index contributed by atoms with van der Waals surface area (Å²) in [5.41, 5.74) is 0. The first-order valence-corrected chi connectivity index (χ1v) is 6.16. The van der Waals surface area contributed by atoms with Crippen molar-refractivity contribution in [3.63, 3.8) is 0 Å². The van der Waals surface area contributed by atoms with E-state index < -0.39 is 21.9 Å². The van der Waals surface area contributed by atoms with E-state index in [1.165, 1.54) is 0 Å². The van der Waals surface area contributed by atoms with Gasteiger partial charge < -0.3 is 4.74 Å². The smallest absolute Gasteiger partial charge is 0.415 e. The number of ether oxygens (including phenoxy) is 1. The summed E-state index contributed by atoms with van der Waals surface area (Å²) in [6.07, 6.45) is 2.69. The lowest BCUT2D eigenvalue weighted by Gasteiger charge is -2.19. The van der Waals surface area contributed by atoms with Gasteiger partial charge in [0.05, 0.1) is 0 Å². The van der Waals surface area contributed by atoms with Crippen LogP contribution >= 0.6 is 50.7 Å². The summed E-state index contributed by atoms with van der Waals surface area (Å²) in [5, 5.41) is 2.33. The Balaban J connectivity index is 4.24. The van der Waals surface area contributed by atoms with Gasteiger partial charge in [-0.05, 0) is 0 Å². The van der Waals surface area contributed by atoms with Crippen LogP contribution in [0.2, 0.25) is 0 Å². The third-order valence-corrected chi connectivity index (χ3v) is 2.23. The van der Waals surface area contributed by atoms with Crippen molar-refractivity contribution >= 4 is 62.7 Å². The molecule has 90 valence electrons. The minimum absolute atomic E-state index is 0.115. The standard InChI is InChI=1S/C8H7BrCl3NO3/c1-2-5(8(10,11)12)16-7(15)13-6(14)3-4-9/h1,5H,3-4H2,(H,13,14,15)/t5-/m1/s1. The molecular weight excluding hydrogens is 344 g/mol. The molecule has 0 radical (unpaired) electrons. The highest BCUT2D eigenvalue weighted by atomic mass is 79.9. The Labute approximate surface area is 116 Å². The molecule has 0 aromatic rings. The molecule has 2 amide bonds. The van der Waals surface area contributed by atoms with E-state index in [2.05, 4.69) is 20.7 Å². The van der Waals surface area contributed by atoms with Gasteiger partial charge in [-0.3, -0.25) is 10.1 Å². The summed E-state index contributed by atoms with van der Waals surface area (Å²) in [7, 11) is 0. The molecule has 16 heavy (non-hydrogen) atoms. The average Bonchev–Trinajstić information content (AvgIpc) is 2.12. The van der Waals surface area contributed by atoms with Crippen LogP contribution in [0.3, 0.4) is 0 Å². The van der Waals surface area contributed by atoms with E-state index in [0.29, 0.717) is 5.33 Å². The van der Waals surface area contributed by atoms with Gasteiger partial charge in [-0.1, -0.05) is 56.7 Å². The number of carbonyl (C=O) groups is 2. The van der Waals surface area contributed by atoms with Gasteiger partial charge in [-0.25, -0.2) is 4.79 Å². The van der Waals surface area contributed by atoms with Gasteiger partial charge in [0.15, 0.2) is 0 Å². The Morgan fingerprint density at radius 2 is 2.06 bits per heavy atom. The molecular formula is C8H7BrCl3NO3. The predicted octanol–water partition coefficient (Wildman–Crippen LogP) is 2.40. The molecule has 0 bridgehead atoms. The average molecular weight is 351 g/mol. The van der Waals surface area contributed by atoms with Crippen molar-refractivity contribution in [3.8, 4) is 12.3 Å². The van der Waals surface area contributed by atoms with Crippen molar-refractivity contribution in [2.75, 3.05) is 5.33 Å². The highest BCUT2D eigenvalue weighted by molar-refractivity contribution is 9.09. The summed E-state index contributed by atoms with van der Waals surface area (Å²) in [6, 6.07) is 0. The van der Waals surface area contributed by atoms with E-state index in [1.807, 2.05) is 11.2 Å². The number of nitrogens with one attached hydrogen (secondary N) is 1. The summed E-state index contributed by atoms with van der Waals surface area (Å²) in [6.45, 7) is 0. The Bertz CT molecular complexity index is 311. The number of hydrogen-bond acceptors (Lipinski definition) is 3. The second kappa shape index (κ2) is 7.23. The zero-order valence-electron chi connectivity index (χ0n) is 7.81. The molecule has 1 atom stereocenters. The minimum atomic E-state index is -1.94. The van der Waals surface area contributed by atoms with Crippen LogP contribution in [-0.4, -0.2) is 27.2 Å². The fourth-order valence-electron chi connectivity index (χ4n) is 0.594. The van der Waals surface area contributed by atoms with Gasteiger partial charge in [-0.2, -0.15) is 0 Å². The van der Waals surface area contributed by atoms with Crippen molar-refractivity contribution in [2.24, 2.45) is 0 Å². The number of halogens is 4. The molecule has 0 rings (SSSR count). The van der Waals surface area contributed by atoms with E-state index in [-0.39, 0.29) is 6.42 Å². The fourth-order valence-corrected chi connectivity index (χ4v) is 1.28. The number of alkyl carbamates (subject to hydrolysis) is 1. The van der Waals surface area contributed by atoms with Gasteiger partial charge >= 0.3 is 6.09 Å². The fraction of sp³-hybridized carbons (Fsp3) is 0.500. The molecule has 0 fully saturated rings. The molecule has 0 aromatic carbocycles. The Kier molecular flexibility index (Phi) is 7.16. The first kappa shape index (κ1) is 15.9. The minimum Gasteiger partial charge on any atom is -0.428 e. The number of amides is 2. The lowest BCUT2D eigenvalue weighted by molar-refractivity contribution is -0.120. The van der Waals surface area contributed by atoms with Crippen LogP contribution in [0, 0.1) is 12.3 Å². The topological polar surface area (TPSA) is 55.4 Å². The van der Waals surface area contributed by atoms with Crippen molar-refractivity contribution in [1.82, 2.24) is 5.32 Å². The summed E-state index contributed by atoms with van der Waals surface area (Å²) >= 11 is 19.3. The second-order valence-corrected chi connectivity index (χ2v) is 5.64. The third kappa shape index (κ3) is 6.44. The Morgan fingerprint density at radius 3 is 2.44 bits per heavy atom. The van der Waals surface area contributed by atoms with Crippen LogP contribution in [0.1, 0.15) is 6.42 Å². The maximum Gasteiger partial charge on any atom is 0.415 e. The Morgan fingerprint density at radius 1 is 1.50 bits per heavy atom. The SMILES string of the molecule is C#C[C@@H](OC(=O)NC(=O)CCBr)C(Cl)(Cl)Cl. The van der Waals surface area contributed by atoms with Crippen LogP contribution in [0.4, 0.5) is 4.79 Å². The quantitative estimate of drug-likeness (QED) is 0.627. The first-order valence-electron chi connectivity index (χ1n) is 3.90. The number of terminal acetylenes is 1. The number of rotatable bonds is 3. The summed E-state index contributed by atoms with van der Waals surface area (Å²) in [5.74, 6) is 1.45. The summed E-state index contributed by atoms with van der Waals surface area (Å²) in [4.78, 5) is 22.1. The van der Waals surface area contributed by atoms with Crippen LogP contribution in [0.25, 0.3) is 0 Å². The number of hydrogen-bond donors (Lipinski definition) is 1. The van der Waals surface area contributed by atoms with Crippen molar-refractivity contribution < 1.29 is 14.3 Å². The van der Waals surface area contributed by atoms with Gasteiger partial charge in [-0.15, -0.1) is 6.42 Å². The van der Waals surface area contributed by atoms with Crippen LogP contribution in [0.15, 0.2) is 0 Å². The normalized spacial score (nSPS) is 12.4. The van der Waals surface area contributed by atoms with Crippen molar-refractivity contribution in [3.05, 3.63) is 0 Å². The van der Waals surface area contributed by atoms with Crippen LogP contribution in [0.5, 0.6) is 0 Å². The second-order valence-electron chi connectivity index (χ2n) is 2.48. The van der Waals surface area contributed by atoms with Crippen molar-refractivity contribution in [2.45, 2.75) is 16.3 Å². The molecule has 4 nitrogen and oxygen atoms in total. The highest BCUT2D eigenvalue weighted by Gasteiger charge is 2.34. The molecule has 0 spiro atoms. The number of carbonyl (C=O) groups excluding carboxylic acids is 2. The molecule has 8 heteroatoms. The van der Waals surface area contributed by atoms with Crippen LogP contribution in [-0.2, 0) is 9.53 Å². The van der Waals surface area contributed by atoms with Crippen molar-refractivity contribution in [1.29, 1.82) is 0 Å². The molecule has 0 aromatic heterocycles. The predicted molar refractivity (Wildman–Crippen MR) is 65.9 cm³/mol. The number of alkyl halides is 4. The molecule has 0 aliphatic rings. The lowest BCUT2D eigenvalue weighted by Crippen LogP contribution is -2.37. The van der Waals surface area contributed by atoms with E-state index >= 15 is 0 Å².